The number of rotatable bonds is 2. The van der Waals surface area contributed by atoms with Crippen LogP contribution in [0.1, 0.15) is 0 Å². The average molecular weight is 148 g/mol. The third-order valence-corrected chi connectivity index (χ3v) is 1.52. The second-order valence-corrected chi connectivity index (χ2v) is 2.18. The van der Waals surface area contributed by atoms with E-state index in [0.717, 1.165) is 0 Å². The van der Waals surface area contributed by atoms with E-state index in [-0.39, 0.29) is 25.4 Å². The molecular formula is C6H12O4. The van der Waals surface area contributed by atoms with Crippen LogP contribution in [-0.2, 0) is 9.47 Å². The Kier molecular flexibility index (Phi) is 3.08. The quantitative estimate of drug-likeness (QED) is 0.514. The first kappa shape index (κ1) is 7.94. The van der Waals surface area contributed by atoms with E-state index < -0.39 is 0 Å². The SMILES string of the molecule is OC[C@@H]1OCCO[C@@H]1CO. The van der Waals surface area contributed by atoms with Crippen molar-refractivity contribution in [1.82, 2.24) is 0 Å². The second-order valence-electron chi connectivity index (χ2n) is 2.18. The van der Waals surface area contributed by atoms with Gasteiger partial charge in [0.05, 0.1) is 26.4 Å². The largest absolute Gasteiger partial charge is 0.394 e. The van der Waals surface area contributed by atoms with Gasteiger partial charge in [-0.1, -0.05) is 0 Å². The molecule has 2 N–H and O–H groups in total. The highest BCUT2D eigenvalue weighted by Crippen LogP contribution is 2.08. The molecule has 4 nitrogen and oxygen atoms in total. The van der Waals surface area contributed by atoms with Crippen molar-refractivity contribution >= 4 is 0 Å². The summed E-state index contributed by atoms with van der Waals surface area (Å²) in [5.41, 5.74) is 0. The van der Waals surface area contributed by atoms with E-state index in [9.17, 15) is 0 Å². The Morgan fingerprint density at radius 2 is 1.40 bits per heavy atom. The van der Waals surface area contributed by atoms with Crippen molar-refractivity contribution in [2.24, 2.45) is 0 Å². The van der Waals surface area contributed by atoms with Gasteiger partial charge in [0, 0.05) is 0 Å². The standard InChI is InChI=1S/C6H12O4/c7-3-5-6(4-8)10-2-1-9-5/h5-8H,1-4H2/t5-,6+. The van der Waals surface area contributed by atoms with Gasteiger partial charge in [-0.05, 0) is 0 Å². The average Bonchev–Trinajstić information content (AvgIpc) is 2.04. The number of aliphatic hydroxyl groups is 2. The lowest BCUT2D eigenvalue weighted by molar-refractivity contribution is -0.164. The predicted octanol–water partition coefficient (Wildman–Crippen LogP) is -1.24. The zero-order valence-corrected chi connectivity index (χ0v) is 5.69. The van der Waals surface area contributed by atoms with Gasteiger partial charge >= 0.3 is 0 Å². The maximum Gasteiger partial charge on any atom is 0.109 e. The molecule has 1 aliphatic rings. The Bertz CT molecular complexity index is 83.7. The number of hydrogen-bond donors (Lipinski definition) is 2. The molecule has 1 fully saturated rings. The van der Waals surface area contributed by atoms with Crippen molar-refractivity contribution in [2.45, 2.75) is 12.2 Å². The molecule has 10 heavy (non-hydrogen) atoms. The Hall–Kier alpha value is -0.160. The summed E-state index contributed by atoms with van der Waals surface area (Å²) in [6.45, 7) is 0.819. The maximum absolute atomic E-state index is 8.68. The lowest BCUT2D eigenvalue weighted by Gasteiger charge is -2.28. The van der Waals surface area contributed by atoms with Gasteiger partial charge in [-0.2, -0.15) is 0 Å². The van der Waals surface area contributed by atoms with Gasteiger partial charge in [-0.25, -0.2) is 0 Å². The van der Waals surface area contributed by atoms with E-state index >= 15 is 0 Å². The lowest BCUT2D eigenvalue weighted by atomic mass is 10.2. The van der Waals surface area contributed by atoms with Crippen LogP contribution in [0, 0.1) is 0 Å². The van der Waals surface area contributed by atoms with Gasteiger partial charge in [0.1, 0.15) is 12.2 Å². The molecule has 1 rings (SSSR count). The topological polar surface area (TPSA) is 58.9 Å². The van der Waals surface area contributed by atoms with Crippen LogP contribution in [0.4, 0.5) is 0 Å². The minimum absolute atomic E-state index is 0.0920. The number of hydrogen-bond acceptors (Lipinski definition) is 4. The van der Waals surface area contributed by atoms with Crippen LogP contribution in [0.25, 0.3) is 0 Å². The van der Waals surface area contributed by atoms with Crippen molar-refractivity contribution in [3.8, 4) is 0 Å². The van der Waals surface area contributed by atoms with Crippen LogP contribution < -0.4 is 0 Å². The van der Waals surface area contributed by atoms with Crippen molar-refractivity contribution in [1.29, 1.82) is 0 Å². The number of aliphatic hydroxyl groups excluding tert-OH is 2. The minimum atomic E-state index is -0.348. The predicted molar refractivity (Wildman–Crippen MR) is 33.7 cm³/mol. The summed E-state index contributed by atoms with van der Waals surface area (Å²) in [7, 11) is 0. The number of ether oxygens (including phenoxy) is 2. The first-order valence-corrected chi connectivity index (χ1v) is 3.33. The highest BCUT2D eigenvalue weighted by Gasteiger charge is 2.24. The van der Waals surface area contributed by atoms with Crippen molar-refractivity contribution < 1.29 is 19.7 Å². The molecule has 60 valence electrons. The molecule has 4 heteroatoms. The monoisotopic (exact) mass is 148 g/mol. The fraction of sp³-hybridized carbons (Fsp3) is 1.00. The zero-order valence-electron chi connectivity index (χ0n) is 5.69. The Balaban J connectivity index is 2.34. The molecule has 2 atom stereocenters. The highest BCUT2D eigenvalue weighted by molar-refractivity contribution is 4.71. The van der Waals surface area contributed by atoms with Crippen LogP contribution in [0.5, 0.6) is 0 Å². The van der Waals surface area contributed by atoms with E-state index in [2.05, 4.69) is 0 Å². The van der Waals surface area contributed by atoms with Crippen LogP contribution >= 0.6 is 0 Å². The van der Waals surface area contributed by atoms with E-state index in [4.69, 9.17) is 19.7 Å². The normalized spacial score (nSPS) is 34.2. The Labute approximate surface area is 59.4 Å². The van der Waals surface area contributed by atoms with Crippen molar-refractivity contribution in [3.63, 3.8) is 0 Å². The third kappa shape index (κ3) is 1.67. The van der Waals surface area contributed by atoms with Crippen LogP contribution in [-0.4, -0.2) is 48.8 Å². The van der Waals surface area contributed by atoms with Gasteiger partial charge in [0.2, 0.25) is 0 Å². The fourth-order valence-electron chi connectivity index (χ4n) is 0.954. The van der Waals surface area contributed by atoms with Gasteiger partial charge in [-0.15, -0.1) is 0 Å². The summed E-state index contributed by atoms with van der Waals surface area (Å²) in [6, 6.07) is 0. The van der Waals surface area contributed by atoms with Gasteiger partial charge < -0.3 is 19.7 Å². The van der Waals surface area contributed by atoms with E-state index in [0.29, 0.717) is 13.2 Å². The smallest absolute Gasteiger partial charge is 0.109 e. The van der Waals surface area contributed by atoms with Gasteiger partial charge in [0.25, 0.3) is 0 Å². The molecule has 0 aliphatic carbocycles. The maximum atomic E-state index is 8.68. The summed E-state index contributed by atoms with van der Waals surface area (Å²) >= 11 is 0. The van der Waals surface area contributed by atoms with Crippen molar-refractivity contribution in [2.75, 3.05) is 26.4 Å². The molecule has 1 heterocycles. The lowest BCUT2D eigenvalue weighted by Crippen LogP contribution is -2.42. The molecule has 1 saturated heterocycles. The van der Waals surface area contributed by atoms with Crippen LogP contribution in [0.15, 0.2) is 0 Å². The molecular weight excluding hydrogens is 136 g/mol. The molecule has 0 unspecified atom stereocenters. The van der Waals surface area contributed by atoms with Crippen LogP contribution in [0.3, 0.4) is 0 Å². The highest BCUT2D eigenvalue weighted by atomic mass is 16.6. The molecule has 0 aromatic heterocycles. The summed E-state index contributed by atoms with van der Waals surface area (Å²) in [6.07, 6.45) is -0.697. The van der Waals surface area contributed by atoms with Crippen molar-refractivity contribution in [3.05, 3.63) is 0 Å². The molecule has 0 aromatic carbocycles. The summed E-state index contributed by atoms with van der Waals surface area (Å²) in [5.74, 6) is 0. The summed E-state index contributed by atoms with van der Waals surface area (Å²) in [5, 5.41) is 17.4. The first-order valence-electron chi connectivity index (χ1n) is 3.33. The Morgan fingerprint density at radius 3 is 1.70 bits per heavy atom. The van der Waals surface area contributed by atoms with Crippen LogP contribution in [0.2, 0.25) is 0 Å². The third-order valence-electron chi connectivity index (χ3n) is 1.52. The fourth-order valence-corrected chi connectivity index (χ4v) is 0.954. The Morgan fingerprint density at radius 1 is 1.00 bits per heavy atom. The van der Waals surface area contributed by atoms with E-state index in [1.165, 1.54) is 0 Å². The molecule has 0 aromatic rings. The molecule has 0 spiro atoms. The minimum Gasteiger partial charge on any atom is -0.394 e. The second kappa shape index (κ2) is 3.88. The molecule has 0 amide bonds. The molecule has 0 radical (unpaired) electrons. The van der Waals surface area contributed by atoms with Gasteiger partial charge in [0.15, 0.2) is 0 Å². The van der Waals surface area contributed by atoms with Gasteiger partial charge in [-0.3, -0.25) is 0 Å². The van der Waals surface area contributed by atoms with E-state index in [1.54, 1.807) is 0 Å². The zero-order chi connectivity index (χ0) is 7.40. The summed E-state index contributed by atoms with van der Waals surface area (Å²) in [4.78, 5) is 0. The molecule has 1 aliphatic heterocycles. The molecule has 0 bridgehead atoms. The van der Waals surface area contributed by atoms with E-state index in [1.807, 2.05) is 0 Å². The first-order chi connectivity index (χ1) is 4.88. The molecule has 0 saturated carbocycles. The summed E-state index contributed by atoms with van der Waals surface area (Å²) < 4.78 is 10.2.